The number of amides is 2. The Kier molecular flexibility index (Phi) is 3.03. The van der Waals surface area contributed by atoms with Crippen molar-refractivity contribution in [2.75, 3.05) is 10.6 Å². The molecule has 0 fully saturated rings. The molecule has 6 nitrogen and oxygen atoms in total. The Hall–Kier alpha value is -2.81. The van der Waals surface area contributed by atoms with Crippen LogP contribution >= 0.6 is 0 Å². The Labute approximate surface area is 96.9 Å². The van der Waals surface area contributed by atoms with Crippen LogP contribution in [0.4, 0.5) is 16.4 Å². The minimum Gasteiger partial charge on any atom is -0.430 e. The zero-order chi connectivity index (χ0) is 12.1. The average molecular weight is 228 g/mol. The third kappa shape index (κ3) is 2.82. The highest BCUT2D eigenvalue weighted by molar-refractivity contribution is 5.98. The molecule has 2 aromatic heterocycles. The molecular formula is C11H8N4O2. The molecule has 0 aliphatic carbocycles. The first-order valence-corrected chi connectivity index (χ1v) is 4.76. The van der Waals surface area contributed by atoms with E-state index >= 15 is 0 Å². The smallest absolute Gasteiger partial charge is 0.326 e. The summed E-state index contributed by atoms with van der Waals surface area (Å²) < 4.78 is 4.99. The zero-order valence-corrected chi connectivity index (χ0v) is 8.68. The quantitative estimate of drug-likeness (QED) is 0.824. The van der Waals surface area contributed by atoms with Crippen molar-refractivity contribution < 1.29 is 9.21 Å². The Balaban J connectivity index is 1.96. The number of nitrogens with one attached hydrogen (secondary N) is 2. The molecule has 0 aliphatic heterocycles. The monoisotopic (exact) mass is 228 g/mol. The van der Waals surface area contributed by atoms with Crippen molar-refractivity contribution in [3.05, 3.63) is 42.4 Å². The third-order valence-electron chi connectivity index (χ3n) is 1.87. The largest absolute Gasteiger partial charge is 0.430 e. The van der Waals surface area contributed by atoms with Crippen LogP contribution in [0.1, 0.15) is 5.76 Å². The second kappa shape index (κ2) is 4.81. The number of hydrogen-bond acceptors (Lipinski definition) is 4. The minimum absolute atomic E-state index is 0.140. The van der Waals surface area contributed by atoms with Gasteiger partial charge in [-0.25, -0.2) is 4.79 Å². The molecule has 2 aromatic rings. The Bertz CT molecular complexity index is 556. The fraction of sp³-hybridized carbons (Fsp3) is 0. The molecule has 0 aliphatic rings. The van der Waals surface area contributed by atoms with Crippen LogP contribution in [-0.4, -0.2) is 11.0 Å². The summed E-state index contributed by atoms with van der Waals surface area (Å²) in [5.41, 5.74) is 0.567. The van der Waals surface area contributed by atoms with Crippen molar-refractivity contribution in [2.45, 2.75) is 0 Å². The van der Waals surface area contributed by atoms with Gasteiger partial charge in [0.1, 0.15) is 6.07 Å². The number of urea groups is 1. The molecule has 0 unspecified atom stereocenters. The van der Waals surface area contributed by atoms with Crippen molar-refractivity contribution in [2.24, 2.45) is 0 Å². The van der Waals surface area contributed by atoms with Crippen molar-refractivity contribution in [1.82, 2.24) is 4.98 Å². The highest BCUT2D eigenvalue weighted by atomic mass is 16.4. The molecule has 0 spiro atoms. The lowest BCUT2D eigenvalue weighted by atomic mass is 10.4. The molecule has 0 aromatic carbocycles. The van der Waals surface area contributed by atoms with Gasteiger partial charge in [-0.1, -0.05) is 0 Å². The van der Waals surface area contributed by atoms with Gasteiger partial charge in [0.2, 0.25) is 11.6 Å². The Morgan fingerprint density at radius 2 is 2.24 bits per heavy atom. The maximum atomic E-state index is 11.5. The first-order chi connectivity index (χ1) is 8.28. The lowest BCUT2D eigenvalue weighted by Crippen LogP contribution is -2.19. The van der Waals surface area contributed by atoms with Crippen molar-refractivity contribution in [1.29, 1.82) is 5.26 Å². The molecular weight excluding hydrogens is 220 g/mol. The van der Waals surface area contributed by atoms with E-state index in [2.05, 4.69) is 15.6 Å². The van der Waals surface area contributed by atoms with E-state index in [4.69, 9.17) is 9.68 Å². The van der Waals surface area contributed by atoms with Gasteiger partial charge in [0.05, 0.1) is 11.9 Å². The van der Waals surface area contributed by atoms with Crippen molar-refractivity contribution >= 4 is 17.6 Å². The van der Waals surface area contributed by atoms with E-state index in [1.54, 1.807) is 18.3 Å². The standard InChI is InChI=1S/C11H8N4O2/c12-6-9-3-4-10(17-9)15-11(16)14-8-2-1-5-13-7-8/h1-5,7H,(H2,14,15,16). The molecule has 2 amide bonds. The lowest BCUT2D eigenvalue weighted by molar-refractivity contribution is 0.261. The summed E-state index contributed by atoms with van der Waals surface area (Å²) >= 11 is 0. The Morgan fingerprint density at radius 3 is 2.88 bits per heavy atom. The molecule has 0 saturated carbocycles. The lowest BCUT2D eigenvalue weighted by Gasteiger charge is -2.04. The summed E-state index contributed by atoms with van der Waals surface area (Å²) in [4.78, 5) is 15.3. The van der Waals surface area contributed by atoms with Gasteiger partial charge in [0, 0.05) is 12.3 Å². The van der Waals surface area contributed by atoms with Gasteiger partial charge in [-0.05, 0) is 18.2 Å². The molecule has 2 rings (SSSR count). The fourth-order valence-electron chi connectivity index (χ4n) is 1.18. The summed E-state index contributed by atoms with van der Waals surface area (Å²) in [6.45, 7) is 0. The van der Waals surface area contributed by atoms with Crippen LogP contribution in [0.3, 0.4) is 0 Å². The third-order valence-corrected chi connectivity index (χ3v) is 1.87. The van der Waals surface area contributed by atoms with E-state index in [9.17, 15) is 4.79 Å². The van der Waals surface area contributed by atoms with Crippen LogP contribution in [0.25, 0.3) is 0 Å². The van der Waals surface area contributed by atoms with Crippen LogP contribution in [-0.2, 0) is 0 Å². The van der Waals surface area contributed by atoms with Crippen LogP contribution in [0.5, 0.6) is 0 Å². The SMILES string of the molecule is N#Cc1ccc(NC(=O)Nc2cccnc2)o1. The summed E-state index contributed by atoms with van der Waals surface area (Å²) in [7, 11) is 0. The summed E-state index contributed by atoms with van der Waals surface area (Å²) in [5.74, 6) is 0.351. The molecule has 84 valence electrons. The maximum absolute atomic E-state index is 11.5. The van der Waals surface area contributed by atoms with E-state index in [1.807, 2.05) is 6.07 Å². The number of carbonyl (C=O) groups excluding carboxylic acids is 1. The number of nitrogens with zero attached hydrogens (tertiary/aromatic N) is 2. The maximum Gasteiger partial charge on any atom is 0.326 e. The highest BCUT2D eigenvalue weighted by Crippen LogP contribution is 2.12. The second-order valence-corrected chi connectivity index (χ2v) is 3.10. The van der Waals surface area contributed by atoms with E-state index in [-0.39, 0.29) is 11.6 Å². The molecule has 17 heavy (non-hydrogen) atoms. The van der Waals surface area contributed by atoms with Gasteiger partial charge in [-0.3, -0.25) is 10.3 Å². The first-order valence-electron chi connectivity index (χ1n) is 4.76. The molecule has 0 bridgehead atoms. The van der Waals surface area contributed by atoms with Gasteiger partial charge in [0.25, 0.3) is 0 Å². The van der Waals surface area contributed by atoms with E-state index < -0.39 is 6.03 Å². The Morgan fingerprint density at radius 1 is 1.35 bits per heavy atom. The fourth-order valence-corrected chi connectivity index (χ4v) is 1.18. The number of rotatable bonds is 2. The summed E-state index contributed by atoms with van der Waals surface area (Å²) in [6.07, 6.45) is 3.12. The molecule has 0 radical (unpaired) electrons. The topological polar surface area (TPSA) is 91.0 Å². The normalized spacial score (nSPS) is 9.35. The summed E-state index contributed by atoms with van der Waals surface area (Å²) in [5, 5.41) is 13.6. The molecule has 0 saturated heterocycles. The average Bonchev–Trinajstić information content (AvgIpc) is 2.78. The molecule has 2 heterocycles. The predicted molar refractivity (Wildman–Crippen MR) is 60.3 cm³/mol. The van der Waals surface area contributed by atoms with Gasteiger partial charge in [-0.2, -0.15) is 5.26 Å². The van der Waals surface area contributed by atoms with Gasteiger partial charge in [0.15, 0.2) is 0 Å². The number of nitriles is 1. The number of hydrogen-bond donors (Lipinski definition) is 2. The van der Waals surface area contributed by atoms with Gasteiger partial charge in [-0.15, -0.1) is 0 Å². The number of pyridine rings is 1. The second-order valence-electron chi connectivity index (χ2n) is 3.10. The molecule has 0 atom stereocenters. The van der Waals surface area contributed by atoms with Crippen LogP contribution in [0.2, 0.25) is 0 Å². The zero-order valence-electron chi connectivity index (χ0n) is 8.68. The van der Waals surface area contributed by atoms with Gasteiger partial charge < -0.3 is 9.73 Å². The summed E-state index contributed by atoms with van der Waals surface area (Å²) in [6, 6.07) is 7.74. The molecule has 2 N–H and O–H groups in total. The van der Waals surface area contributed by atoms with Crippen molar-refractivity contribution in [3.63, 3.8) is 0 Å². The number of carbonyl (C=O) groups is 1. The number of aromatic nitrogens is 1. The van der Waals surface area contributed by atoms with E-state index in [0.717, 1.165) is 0 Å². The van der Waals surface area contributed by atoms with Gasteiger partial charge >= 0.3 is 6.03 Å². The minimum atomic E-state index is -0.461. The van der Waals surface area contributed by atoms with Crippen LogP contribution in [0, 0.1) is 11.3 Å². The van der Waals surface area contributed by atoms with E-state index in [1.165, 1.54) is 18.3 Å². The highest BCUT2D eigenvalue weighted by Gasteiger charge is 2.06. The van der Waals surface area contributed by atoms with Crippen molar-refractivity contribution in [3.8, 4) is 6.07 Å². The molecule has 6 heteroatoms. The van der Waals surface area contributed by atoms with Crippen LogP contribution in [0.15, 0.2) is 41.1 Å². The van der Waals surface area contributed by atoms with E-state index in [0.29, 0.717) is 5.69 Å². The first kappa shape index (κ1) is 10.7. The number of anilines is 2. The number of furan rings is 1. The van der Waals surface area contributed by atoms with Crippen LogP contribution < -0.4 is 10.6 Å². The predicted octanol–water partition coefficient (Wildman–Crippen LogP) is 2.19.